The fraction of sp³-hybridized carbons (Fsp3) is 0.889. The normalized spacial score (nSPS) is 34.0. The summed E-state index contributed by atoms with van der Waals surface area (Å²) in [5.74, 6) is 1.53. The Kier molecular flexibility index (Phi) is 4.66. The van der Waals surface area contributed by atoms with E-state index in [1.165, 1.54) is 44.9 Å². The molecule has 0 aromatic carbocycles. The minimum atomic E-state index is 0.0702. The maximum atomic E-state index is 12.5. The highest BCUT2D eigenvalue weighted by Crippen LogP contribution is 2.56. The summed E-state index contributed by atoms with van der Waals surface area (Å²) in [4.78, 5) is 26.6. The molecule has 2 saturated carbocycles. The second-order valence-electron chi connectivity index (χ2n) is 7.33. The molecule has 0 spiro atoms. The van der Waals surface area contributed by atoms with Crippen LogP contribution in [-0.4, -0.2) is 23.3 Å². The lowest BCUT2D eigenvalue weighted by atomic mass is 9.81. The average Bonchev–Trinajstić information content (AvgIpc) is 3.15. The van der Waals surface area contributed by atoms with E-state index in [4.69, 9.17) is 0 Å². The fourth-order valence-corrected chi connectivity index (χ4v) is 4.92. The van der Waals surface area contributed by atoms with Gasteiger partial charge in [0.1, 0.15) is 0 Å². The van der Waals surface area contributed by atoms with Gasteiger partial charge in [-0.15, -0.1) is 0 Å². The first-order chi connectivity index (χ1) is 10.2. The highest BCUT2D eigenvalue weighted by atomic mass is 16.2. The summed E-state index contributed by atoms with van der Waals surface area (Å²) >= 11 is 0. The van der Waals surface area contributed by atoms with E-state index < -0.39 is 0 Å². The van der Waals surface area contributed by atoms with Gasteiger partial charge in [-0.2, -0.15) is 0 Å². The molecule has 2 amide bonds. The zero-order chi connectivity index (χ0) is 14.8. The van der Waals surface area contributed by atoms with Crippen LogP contribution in [0.1, 0.15) is 71.1 Å². The number of rotatable bonds is 8. The van der Waals surface area contributed by atoms with Crippen molar-refractivity contribution in [2.75, 3.05) is 6.54 Å². The van der Waals surface area contributed by atoms with Gasteiger partial charge in [-0.25, -0.2) is 0 Å². The molecule has 21 heavy (non-hydrogen) atoms. The van der Waals surface area contributed by atoms with Gasteiger partial charge in [-0.3, -0.25) is 14.5 Å². The maximum Gasteiger partial charge on any atom is 0.233 e. The molecule has 3 rings (SSSR count). The molecule has 3 nitrogen and oxygen atoms in total. The smallest absolute Gasteiger partial charge is 0.233 e. The van der Waals surface area contributed by atoms with Gasteiger partial charge in [-0.1, -0.05) is 45.4 Å². The summed E-state index contributed by atoms with van der Waals surface area (Å²) < 4.78 is 0. The van der Waals surface area contributed by atoms with Gasteiger partial charge in [0.25, 0.3) is 0 Å². The highest BCUT2D eigenvalue weighted by Gasteiger charge is 2.60. The SMILES string of the molecule is CCCCCCCCCN1C(=O)C2C3CCC(C3)C2C1=O. The minimum Gasteiger partial charge on any atom is -0.282 e. The molecule has 4 unspecified atom stereocenters. The van der Waals surface area contributed by atoms with Crippen molar-refractivity contribution in [3.8, 4) is 0 Å². The quantitative estimate of drug-likeness (QED) is 0.504. The molecule has 4 atom stereocenters. The van der Waals surface area contributed by atoms with Crippen molar-refractivity contribution in [2.45, 2.75) is 71.1 Å². The first kappa shape index (κ1) is 15.1. The lowest BCUT2D eigenvalue weighted by molar-refractivity contribution is -0.140. The van der Waals surface area contributed by atoms with Gasteiger partial charge in [0.2, 0.25) is 11.8 Å². The van der Waals surface area contributed by atoms with E-state index in [1.807, 2.05) is 0 Å². The third kappa shape index (κ3) is 2.76. The number of fused-ring (bicyclic) bond motifs is 5. The predicted molar refractivity (Wildman–Crippen MR) is 82.5 cm³/mol. The van der Waals surface area contributed by atoms with Crippen molar-refractivity contribution in [3.05, 3.63) is 0 Å². The van der Waals surface area contributed by atoms with Crippen molar-refractivity contribution in [3.63, 3.8) is 0 Å². The van der Waals surface area contributed by atoms with Gasteiger partial charge in [0.05, 0.1) is 11.8 Å². The Bertz CT molecular complexity index is 378. The third-order valence-corrected chi connectivity index (χ3v) is 6.00. The van der Waals surface area contributed by atoms with Gasteiger partial charge in [-0.05, 0) is 37.5 Å². The molecule has 2 bridgehead atoms. The Morgan fingerprint density at radius 2 is 1.38 bits per heavy atom. The Balaban J connectivity index is 1.42. The van der Waals surface area contributed by atoms with Gasteiger partial charge >= 0.3 is 0 Å². The summed E-state index contributed by atoms with van der Waals surface area (Å²) in [7, 11) is 0. The van der Waals surface area contributed by atoms with Crippen LogP contribution in [0.3, 0.4) is 0 Å². The molecule has 2 aliphatic carbocycles. The Morgan fingerprint density at radius 1 is 0.857 bits per heavy atom. The lowest BCUT2D eigenvalue weighted by Crippen LogP contribution is -2.33. The van der Waals surface area contributed by atoms with Crippen LogP contribution in [0.5, 0.6) is 0 Å². The van der Waals surface area contributed by atoms with Crippen LogP contribution in [-0.2, 0) is 9.59 Å². The van der Waals surface area contributed by atoms with E-state index in [0.29, 0.717) is 18.4 Å². The molecule has 0 radical (unpaired) electrons. The molecule has 1 saturated heterocycles. The van der Waals surface area contributed by atoms with Gasteiger partial charge in [0.15, 0.2) is 0 Å². The van der Waals surface area contributed by atoms with Crippen LogP contribution in [0.15, 0.2) is 0 Å². The van der Waals surface area contributed by atoms with Crippen molar-refractivity contribution < 1.29 is 9.59 Å². The van der Waals surface area contributed by atoms with E-state index in [1.54, 1.807) is 4.90 Å². The van der Waals surface area contributed by atoms with Crippen molar-refractivity contribution >= 4 is 11.8 Å². The van der Waals surface area contributed by atoms with Crippen LogP contribution in [0.4, 0.5) is 0 Å². The molecule has 1 heterocycles. The first-order valence-electron chi connectivity index (χ1n) is 9.09. The second kappa shape index (κ2) is 6.50. The number of carbonyl (C=O) groups excluding carboxylic acids is 2. The van der Waals surface area contributed by atoms with E-state index in [0.717, 1.165) is 19.3 Å². The Labute approximate surface area is 128 Å². The number of nitrogens with zero attached hydrogens (tertiary/aromatic N) is 1. The number of likely N-dealkylation sites (tertiary alicyclic amines) is 1. The van der Waals surface area contributed by atoms with Crippen molar-refractivity contribution in [1.82, 2.24) is 4.90 Å². The summed E-state index contributed by atoms with van der Waals surface area (Å²) in [5.41, 5.74) is 0. The van der Waals surface area contributed by atoms with E-state index in [-0.39, 0.29) is 23.7 Å². The molecule has 3 fully saturated rings. The monoisotopic (exact) mass is 291 g/mol. The largest absolute Gasteiger partial charge is 0.282 e. The van der Waals surface area contributed by atoms with Crippen LogP contribution < -0.4 is 0 Å². The van der Waals surface area contributed by atoms with E-state index in [9.17, 15) is 9.59 Å². The summed E-state index contributed by atoms with van der Waals surface area (Å²) in [5, 5.41) is 0. The first-order valence-corrected chi connectivity index (χ1v) is 9.09. The molecule has 118 valence electrons. The zero-order valence-electron chi connectivity index (χ0n) is 13.4. The van der Waals surface area contributed by atoms with Crippen LogP contribution in [0.25, 0.3) is 0 Å². The van der Waals surface area contributed by atoms with Crippen LogP contribution in [0, 0.1) is 23.7 Å². The number of hydrogen-bond donors (Lipinski definition) is 0. The molecule has 0 aromatic heterocycles. The Hall–Kier alpha value is -0.860. The fourth-order valence-electron chi connectivity index (χ4n) is 4.92. The van der Waals surface area contributed by atoms with Crippen molar-refractivity contribution in [2.24, 2.45) is 23.7 Å². The highest BCUT2D eigenvalue weighted by molar-refractivity contribution is 6.06. The van der Waals surface area contributed by atoms with Crippen molar-refractivity contribution in [1.29, 1.82) is 0 Å². The maximum absolute atomic E-state index is 12.5. The molecule has 0 N–H and O–H groups in total. The number of carbonyl (C=O) groups is 2. The molecule has 1 aliphatic heterocycles. The van der Waals surface area contributed by atoms with Gasteiger partial charge in [0, 0.05) is 6.54 Å². The number of imide groups is 1. The molecular weight excluding hydrogens is 262 g/mol. The molecule has 3 heteroatoms. The summed E-state index contributed by atoms with van der Waals surface area (Å²) in [6, 6.07) is 0. The molecule has 0 aromatic rings. The standard InChI is InChI=1S/C18H29NO2/c1-2-3-4-5-6-7-8-11-19-17(20)15-13-9-10-14(12-13)16(15)18(19)21/h13-16H,2-12H2,1H3. The number of amides is 2. The number of hydrogen-bond acceptors (Lipinski definition) is 2. The molecular formula is C18H29NO2. The minimum absolute atomic E-state index is 0.0702. The molecule has 3 aliphatic rings. The van der Waals surface area contributed by atoms with E-state index >= 15 is 0 Å². The van der Waals surface area contributed by atoms with E-state index in [2.05, 4.69) is 6.92 Å². The second-order valence-corrected chi connectivity index (χ2v) is 7.33. The topological polar surface area (TPSA) is 37.4 Å². The Morgan fingerprint density at radius 3 is 1.95 bits per heavy atom. The zero-order valence-corrected chi connectivity index (χ0v) is 13.4. The average molecular weight is 291 g/mol. The third-order valence-electron chi connectivity index (χ3n) is 6.00. The van der Waals surface area contributed by atoms with Crippen LogP contribution >= 0.6 is 0 Å². The van der Waals surface area contributed by atoms with Crippen LogP contribution in [0.2, 0.25) is 0 Å². The lowest BCUT2D eigenvalue weighted by Gasteiger charge is -2.19. The predicted octanol–water partition coefficient (Wildman–Crippen LogP) is 3.77. The number of unbranched alkanes of at least 4 members (excludes halogenated alkanes) is 6. The summed E-state index contributed by atoms with van der Waals surface area (Å²) in [6.07, 6.45) is 12.1. The summed E-state index contributed by atoms with van der Waals surface area (Å²) in [6.45, 7) is 2.91. The van der Waals surface area contributed by atoms with Gasteiger partial charge < -0.3 is 0 Å².